The van der Waals surface area contributed by atoms with Gasteiger partial charge in [0.25, 0.3) is 0 Å². The van der Waals surface area contributed by atoms with Crippen LogP contribution in [0.3, 0.4) is 0 Å². The van der Waals surface area contributed by atoms with Gasteiger partial charge in [-0.1, -0.05) is 33.6 Å². The lowest BCUT2D eigenvalue weighted by Gasteiger charge is -2.20. The summed E-state index contributed by atoms with van der Waals surface area (Å²) >= 11 is 0. The minimum absolute atomic E-state index is 0.0506. The minimum Gasteiger partial charge on any atom is -0.369 e. The first-order valence-electron chi connectivity index (χ1n) is 7.13. The average Bonchev–Trinajstić information content (AvgIpc) is 2.33. The second-order valence-corrected chi connectivity index (χ2v) is 5.28. The second kappa shape index (κ2) is 10.3. The number of hydrogen-bond donors (Lipinski definition) is 2. The van der Waals surface area contributed by atoms with Crippen molar-refractivity contribution in [2.45, 2.75) is 65.5 Å². The van der Waals surface area contributed by atoms with Crippen LogP contribution in [0.4, 0.5) is 0 Å². The molecule has 108 valence electrons. The van der Waals surface area contributed by atoms with E-state index in [4.69, 9.17) is 10.5 Å². The van der Waals surface area contributed by atoms with Crippen molar-refractivity contribution in [2.24, 2.45) is 11.7 Å². The number of nitrogens with one attached hydrogen (secondary N) is 1. The normalized spacial score (nSPS) is 14.6. The molecule has 0 aliphatic rings. The zero-order valence-electron chi connectivity index (χ0n) is 12.4. The van der Waals surface area contributed by atoms with Crippen molar-refractivity contribution in [3.8, 4) is 0 Å². The second-order valence-electron chi connectivity index (χ2n) is 5.28. The van der Waals surface area contributed by atoms with E-state index in [9.17, 15) is 4.79 Å². The Bertz CT molecular complexity index is 220. The Morgan fingerprint density at radius 3 is 2.44 bits per heavy atom. The van der Waals surface area contributed by atoms with Gasteiger partial charge in [-0.25, -0.2) is 0 Å². The number of carbonyl (C=O) groups is 1. The van der Waals surface area contributed by atoms with Gasteiger partial charge in [0.05, 0.1) is 0 Å². The number of carbonyl (C=O) groups excluding carboxylic acids is 1. The maximum Gasteiger partial charge on any atom is 0.249 e. The fourth-order valence-corrected chi connectivity index (χ4v) is 1.57. The molecule has 4 nitrogen and oxygen atoms in total. The number of rotatable bonds is 10. The summed E-state index contributed by atoms with van der Waals surface area (Å²) in [5, 5.41) is 2.95. The summed E-state index contributed by atoms with van der Waals surface area (Å²) in [5.41, 5.74) is 5.65. The third kappa shape index (κ3) is 8.48. The lowest BCUT2D eigenvalue weighted by Crippen LogP contribution is -2.45. The van der Waals surface area contributed by atoms with Gasteiger partial charge in [-0.3, -0.25) is 4.79 Å². The van der Waals surface area contributed by atoms with E-state index in [-0.39, 0.29) is 18.1 Å². The van der Waals surface area contributed by atoms with Crippen LogP contribution in [-0.2, 0) is 9.53 Å². The quantitative estimate of drug-likeness (QED) is 0.630. The molecule has 0 saturated carbocycles. The Morgan fingerprint density at radius 1 is 1.28 bits per heavy atom. The number of amides is 1. The molecule has 0 fully saturated rings. The Morgan fingerprint density at radius 2 is 1.94 bits per heavy atom. The zero-order valence-corrected chi connectivity index (χ0v) is 12.4. The Labute approximate surface area is 112 Å². The molecule has 0 bridgehead atoms. The summed E-state index contributed by atoms with van der Waals surface area (Å²) in [6.07, 6.45) is 3.74. The Kier molecular flexibility index (Phi) is 9.98. The van der Waals surface area contributed by atoms with E-state index in [1.165, 1.54) is 0 Å². The number of nitrogens with two attached hydrogens (primary N) is 1. The summed E-state index contributed by atoms with van der Waals surface area (Å²) in [5.74, 6) is 0.548. The molecule has 0 heterocycles. The van der Waals surface area contributed by atoms with E-state index in [0.717, 1.165) is 25.7 Å². The highest BCUT2D eigenvalue weighted by atomic mass is 16.5. The Balaban J connectivity index is 3.89. The molecule has 0 aliphatic carbocycles. The van der Waals surface area contributed by atoms with Crippen molar-refractivity contribution in [1.29, 1.82) is 0 Å². The molecule has 0 aromatic heterocycles. The molecule has 0 radical (unpaired) electrons. The number of unbranched alkanes of at least 4 members (excludes halogenated alkanes) is 1. The van der Waals surface area contributed by atoms with Crippen molar-refractivity contribution < 1.29 is 9.53 Å². The molecule has 0 aliphatic heterocycles. The molecule has 0 rings (SSSR count). The Hall–Kier alpha value is -0.610. The first kappa shape index (κ1) is 17.4. The average molecular weight is 258 g/mol. The zero-order chi connectivity index (χ0) is 14.0. The molecule has 3 N–H and O–H groups in total. The van der Waals surface area contributed by atoms with Gasteiger partial charge in [0.15, 0.2) is 0 Å². The van der Waals surface area contributed by atoms with E-state index in [0.29, 0.717) is 19.1 Å². The monoisotopic (exact) mass is 258 g/mol. The van der Waals surface area contributed by atoms with Crippen LogP contribution in [0.15, 0.2) is 0 Å². The highest BCUT2D eigenvalue weighted by Crippen LogP contribution is 2.03. The third-order valence-electron chi connectivity index (χ3n) is 2.97. The highest BCUT2D eigenvalue weighted by molar-refractivity contribution is 5.80. The van der Waals surface area contributed by atoms with E-state index >= 15 is 0 Å². The van der Waals surface area contributed by atoms with Crippen LogP contribution < -0.4 is 11.1 Å². The topological polar surface area (TPSA) is 64.3 Å². The molecule has 0 spiro atoms. The van der Waals surface area contributed by atoms with Crippen LogP contribution in [0.1, 0.15) is 53.4 Å². The lowest BCUT2D eigenvalue weighted by molar-refractivity contribution is -0.132. The summed E-state index contributed by atoms with van der Waals surface area (Å²) in [7, 11) is 0. The lowest BCUT2D eigenvalue weighted by atomic mass is 10.1. The van der Waals surface area contributed by atoms with Crippen LogP contribution >= 0.6 is 0 Å². The van der Waals surface area contributed by atoms with Crippen LogP contribution in [-0.4, -0.2) is 31.2 Å². The maximum absolute atomic E-state index is 11.9. The SMILES string of the molecule is CCCCC(CN)NC(=O)C(C)OCCC(C)C. The molecule has 2 unspecified atom stereocenters. The van der Waals surface area contributed by atoms with Gasteiger partial charge >= 0.3 is 0 Å². The van der Waals surface area contributed by atoms with Gasteiger partial charge in [0.1, 0.15) is 6.10 Å². The van der Waals surface area contributed by atoms with E-state index < -0.39 is 0 Å². The van der Waals surface area contributed by atoms with Gasteiger partial charge in [-0.15, -0.1) is 0 Å². The molecule has 1 amide bonds. The van der Waals surface area contributed by atoms with Crippen LogP contribution in [0, 0.1) is 5.92 Å². The predicted octanol–water partition coefficient (Wildman–Crippen LogP) is 2.07. The van der Waals surface area contributed by atoms with Crippen LogP contribution in [0.2, 0.25) is 0 Å². The van der Waals surface area contributed by atoms with Crippen LogP contribution in [0.25, 0.3) is 0 Å². The van der Waals surface area contributed by atoms with E-state index in [1.807, 2.05) is 0 Å². The summed E-state index contributed by atoms with van der Waals surface area (Å²) in [6.45, 7) is 9.33. The standard InChI is InChI=1S/C14H30N2O2/c1-5-6-7-13(10-15)16-14(17)12(4)18-9-8-11(2)3/h11-13H,5-10,15H2,1-4H3,(H,16,17). The molecule has 0 aromatic carbocycles. The third-order valence-corrected chi connectivity index (χ3v) is 2.97. The number of ether oxygens (including phenoxy) is 1. The molecule has 0 saturated heterocycles. The van der Waals surface area contributed by atoms with Crippen molar-refractivity contribution in [1.82, 2.24) is 5.32 Å². The summed E-state index contributed by atoms with van der Waals surface area (Å²) < 4.78 is 5.51. The van der Waals surface area contributed by atoms with Gasteiger partial charge in [0.2, 0.25) is 5.91 Å². The smallest absolute Gasteiger partial charge is 0.249 e. The summed E-state index contributed by atoms with van der Waals surface area (Å²) in [4.78, 5) is 11.9. The molecule has 0 aromatic rings. The molecule has 18 heavy (non-hydrogen) atoms. The van der Waals surface area contributed by atoms with Gasteiger partial charge in [-0.2, -0.15) is 0 Å². The highest BCUT2D eigenvalue weighted by Gasteiger charge is 2.16. The van der Waals surface area contributed by atoms with Crippen molar-refractivity contribution in [2.75, 3.05) is 13.2 Å². The van der Waals surface area contributed by atoms with Gasteiger partial charge in [0, 0.05) is 19.2 Å². The van der Waals surface area contributed by atoms with Crippen molar-refractivity contribution >= 4 is 5.91 Å². The summed E-state index contributed by atoms with van der Waals surface area (Å²) in [6, 6.07) is 0.0774. The van der Waals surface area contributed by atoms with E-state index in [2.05, 4.69) is 26.1 Å². The molecular weight excluding hydrogens is 228 g/mol. The van der Waals surface area contributed by atoms with Gasteiger partial charge in [-0.05, 0) is 25.7 Å². The minimum atomic E-state index is -0.389. The van der Waals surface area contributed by atoms with Crippen LogP contribution in [0.5, 0.6) is 0 Å². The molecule has 2 atom stereocenters. The predicted molar refractivity (Wildman–Crippen MR) is 75.4 cm³/mol. The first-order valence-corrected chi connectivity index (χ1v) is 7.13. The fourth-order valence-electron chi connectivity index (χ4n) is 1.57. The van der Waals surface area contributed by atoms with Gasteiger partial charge < -0.3 is 15.8 Å². The molecule has 4 heteroatoms. The first-order chi connectivity index (χ1) is 8.51. The fraction of sp³-hybridized carbons (Fsp3) is 0.929. The van der Waals surface area contributed by atoms with Crippen molar-refractivity contribution in [3.05, 3.63) is 0 Å². The maximum atomic E-state index is 11.9. The molecular formula is C14H30N2O2. The largest absolute Gasteiger partial charge is 0.369 e. The van der Waals surface area contributed by atoms with E-state index in [1.54, 1.807) is 6.92 Å². The van der Waals surface area contributed by atoms with Crippen molar-refractivity contribution in [3.63, 3.8) is 0 Å². The number of hydrogen-bond acceptors (Lipinski definition) is 3.